The fourth-order valence-electron chi connectivity index (χ4n) is 8.18. The van der Waals surface area contributed by atoms with Gasteiger partial charge in [0, 0.05) is 6.42 Å². The average Bonchev–Trinajstić information content (AvgIpc) is 3.26. The SMILES string of the molecule is CCCC/C=C/C(O)C(COP(=O)(O)OCC[N+](C)(C)C)NC(=O)CCCCCCCCCCCCCCCCCCCCCCCCCCCCC/C=C\C/C=C\CCCCCCC. The molecule has 0 aromatic heterocycles. The molecule has 0 spiro atoms. The number of carbonyl (C=O) groups excluding carboxylic acids is 1. The number of phosphoric acid groups is 1. The number of carbonyl (C=O) groups is 1. The Hall–Kier alpha value is -1.28. The van der Waals surface area contributed by atoms with Crippen molar-refractivity contribution in [3.8, 4) is 0 Å². The first-order valence-electron chi connectivity index (χ1n) is 27.9. The number of aliphatic hydroxyl groups is 1. The van der Waals surface area contributed by atoms with Crippen LogP contribution >= 0.6 is 7.82 Å². The van der Waals surface area contributed by atoms with Crippen molar-refractivity contribution in [3.63, 3.8) is 0 Å². The Balaban J connectivity index is 3.63. The van der Waals surface area contributed by atoms with Crippen molar-refractivity contribution >= 4 is 13.7 Å². The van der Waals surface area contributed by atoms with Crippen LogP contribution in [0.3, 0.4) is 0 Å². The Morgan fingerprint density at radius 2 is 0.892 bits per heavy atom. The lowest BCUT2D eigenvalue weighted by atomic mass is 10.0. The second kappa shape index (κ2) is 47.8. The molecule has 3 N–H and O–H groups in total. The molecule has 1 amide bonds. The smallest absolute Gasteiger partial charge is 0.387 e. The second-order valence-corrected chi connectivity index (χ2v) is 21.8. The summed E-state index contributed by atoms with van der Waals surface area (Å²) < 4.78 is 23.3. The molecule has 0 aliphatic heterocycles. The third kappa shape index (κ3) is 50.4. The standard InChI is InChI=1S/C56H109N2O6P/c1-6-8-10-12-13-14-15-16-17-18-19-20-21-22-23-24-25-26-27-28-29-30-31-32-33-34-35-36-37-38-39-40-41-42-43-44-45-46-48-50-56(60)57-54(55(59)49-47-11-9-7-2)53-64-65(61,62)63-52-51-58(3,4)5/h15-16,18-19,47,49,54-55,59H,6-14,17,20-46,48,50-53H2,1-5H3,(H-,57,60,61,62)/p+1/b16-15-,19-18-,49-47+. The maximum absolute atomic E-state index is 12.8. The number of nitrogens with one attached hydrogen (secondary N) is 1. The average molecular weight is 938 g/mol. The molecule has 3 atom stereocenters. The first kappa shape index (κ1) is 63.7. The summed E-state index contributed by atoms with van der Waals surface area (Å²) in [7, 11) is 1.57. The van der Waals surface area contributed by atoms with E-state index >= 15 is 0 Å². The lowest BCUT2D eigenvalue weighted by Gasteiger charge is -2.25. The van der Waals surface area contributed by atoms with E-state index in [1.807, 2.05) is 27.2 Å². The van der Waals surface area contributed by atoms with Gasteiger partial charge in [-0.1, -0.05) is 249 Å². The molecule has 0 aromatic carbocycles. The number of quaternary nitrogens is 1. The van der Waals surface area contributed by atoms with E-state index in [0.29, 0.717) is 17.4 Å². The minimum absolute atomic E-state index is 0.0618. The van der Waals surface area contributed by atoms with Crippen molar-refractivity contribution in [1.29, 1.82) is 0 Å². The van der Waals surface area contributed by atoms with E-state index in [1.54, 1.807) is 6.08 Å². The van der Waals surface area contributed by atoms with Crippen molar-refractivity contribution in [3.05, 3.63) is 36.5 Å². The first-order chi connectivity index (χ1) is 31.5. The van der Waals surface area contributed by atoms with Crippen LogP contribution < -0.4 is 5.32 Å². The molecular formula is C56H110N2O6P+. The topological polar surface area (TPSA) is 105 Å². The lowest BCUT2D eigenvalue weighted by molar-refractivity contribution is -0.870. The maximum Gasteiger partial charge on any atom is 0.472 e. The summed E-state index contributed by atoms with van der Waals surface area (Å²) in [6, 6.07) is -0.839. The summed E-state index contributed by atoms with van der Waals surface area (Å²) in [5, 5.41) is 13.6. The van der Waals surface area contributed by atoms with Gasteiger partial charge in [-0.25, -0.2) is 4.57 Å². The molecule has 3 unspecified atom stereocenters. The zero-order valence-electron chi connectivity index (χ0n) is 43.7. The summed E-state index contributed by atoms with van der Waals surface area (Å²) >= 11 is 0. The van der Waals surface area contributed by atoms with Crippen molar-refractivity contribution < 1.29 is 32.9 Å². The van der Waals surface area contributed by atoms with Gasteiger partial charge in [0.15, 0.2) is 0 Å². The van der Waals surface area contributed by atoms with Crippen molar-refractivity contribution in [2.45, 2.75) is 276 Å². The lowest BCUT2D eigenvalue weighted by Crippen LogP contribution is -2.45. The summed E-state index contributed by atoms with van der Waals surface area (Å²) in [5.74, 6) is -0.183. The zero-order valence-corrected chi connectivity index (χ0v) is 44.6. The number of nitrogens with zero attached hydrogens (tertiary/aromatic N) is 1. The predicted octanol–water partition coefficient (Wildman–Crippen LogP) is 16.6. The molecule has 0 aliphatic carbocycles. The van der Waals surface area contributed by atoms with Crippen molar-refractivity contribution in [2.24, 2.45) is 0 Å². The molecule has 0 saturated carbocycles. The first-order valence-corrected chi connectivity index (χ1v) is 29.4. The van der Waals surface area contributed by atoms with Gasteiger partial charge in [-0.2, -0.15) is 0 Å². The highest BCUT2D eigenvalue weighted by Crippen LogP contribution is 2.43. The van der Waals surface area contributed by atoms with Crippen LogP contribution in [0.25, 0.3) is 0 Å². The van der Waals surface area contributed by atoms with Crippen LogP contribution in [0.2, 0.25) is 0 Å². The monoisotopic (exact) mass is 938 g/mol. The molecule has 9 heteroatoms. The Labute approximate surface area is 404 Å². The minimum Gasteiger partial charge on any atom is -0.387 e. The molecule has 0 saturated heterocycles. The van der Waals surface area contributed by atoms with E-state index in [1.165, 1.54) is 199 Å². The van der Waals surface area contributed by atoms with E-state index in [4.69, 9.17) is 9.05 Å². The number of amides is 1. The molecule has 0 rings (SSSR count). The highest BCUT2D eigenvalue weighted by molar-refractivity contribution is 7.47. The quantitative estimate of drug-likeness (QED) is 0.0243. The molecule has 0 aliphatic rings. The van der Waals surface area contributed by atoms with Gasteiger partial charge < -0.3 is 19.8 Å². The van der Waals surface area contributed by atoms with Gasteiger partial charge in [0.1, 0.15) is 13.2 Å². The van der Waals surface area contributed by atoms with Gasteiger partial charge in [-0.15, -0.1) is 0 Å². The summed E-state index contributed by atoms with van der Waals surface area (Å²) in [6.07, 6.45) is 62.1. The fourth-order valence-corrected chi connectivity index (χ4v) is 8.91. The highest BCUT2D eigenvalue weighted by atomic mass is 31.2. The Kier molecular flexibility index (Phi) is 46.8. The Morgan fingerprint density at radius 3 is 1.29 bits per heavy atom. The summed E-state index contributed by atoms with van der Waals surface area (Å²) in [4.78, 5) is 22.9. The molecule has 65 heavy (non-hydrogen) atoms. The summed E-state index contributed by atoms with van der Waals surface area (Å²) in [6.45, 7) is 4.66. The van der Waals surface area contributed by atoms with E-state index < -0.39 is 20.0 Å². The van der Waals surface area contributed by atoms with E-state index in [-0.39, 0.29) is 19.1 Å². The zero-order chi connectivity index (χ0) is 47.8. The third-order valence-corrected chi connectivity index (χ3v) is 13.6. The molecule has 0 heterocycles. The van der Waals surface area contributed by atoms with Gasteiger partial charge in [0.25, 0.3) is 0 Å². The van der Waals surface area contributed by atoms with Crippen LogP contribution in [0.5, 0.6) is 0 Å². The number of aliphatic hydroxyl groups excluding tert-OH is 1. The number of unbranched alkanes of at least 4 members (excludes halogenated alkanes) is 34. The molecule has 0 bridgehead atoms. The van der Waals surface area contributed by atoms with Gasteiger partial charge >= 0.3 is 7.82 Å². The fraction of sp³-hybridized carbons (Fsp3) is 0.875. The number of hydrogen-bond donors (Lipinski definition) is 3. The Bertz CT molecular complexity index is 1150. The van der Waals surface area contributed by atoms with Crippen molar-refractivity contribution in [1.82, 2.24) is 5.32 Å². The summed E-state index contributed by atoms with van der Waals surface area (Å²) in [5.41, 5.74) is 0. The molecule has 8 nitrogen and oxygen atoms in total. The van der Waals surface area contributed by atoms with Crippen LogP contribution in [0.4, 0.5) is 0 Å². The Morgan fingerprint density at radius 1 is 0.523 bits per heavy atom. The van der Waals surface area contributed by atoms with E-state index in [0.717, 1.165) is 44.9 Å². The van der Waals surface area contributed by atoms with Crippen molar-refractivity contribution in [2.75, 3.05) is 40.9 Å². The van der Waals surface area contributed by atoms with Crippen LogP contribution in [0.1, 0.15) is 264 Å². The van der Waals surface area contributed by atoms with Crippen LogP contribution in [0, 0.1) is 0 Å². The normalized spacial score (nSPS) is 14.3. The van der Waals surface area contributed by atoms with Gasteiger partial charge in [-0.05, 0) is 44.9 Å². The van der Waals surface area contributed by atoms with Gasteiger partial charge in [-0.3, -0.25) is 13.8 Å². The third-order valence-electron chi connectivity index (χ3n) is 12.6. The van der Waals surface area contributed by atoms with E-state index in [9.17, 15) is 19.4 Å². The number of likely N-dealkylation sites (N-methyl/N-ethyl adjacent to an activating group) is 1. The van der Waals surface area contributed by atoms with Crippen LogP contribution in [-0.4, -0.2) is 73.4 Å². The molecular weight excluding hydrogens is 828 g/mol. The van der Waals surface area contributed by atoms with Crippen LogP contribution in [-0.2, 0) is 18.4 Å². The number of phosphoric ester groups is 1. The van der Waals surface area contributed by atoms with Crippen LogP contribution in [0.15, 0.2) is 36.5 Å². The van der Waals surface area contributed by atoms with Gasteiger partial charge in [0.2, 0.25) is 5.91 Å². The van der Waals surface area contributed by atoms with Gasteiger partial charge in [0.05, 0.1) is 39.9 Å². The number of hydrogen-bond acceptors (Lipinski definition) is 5. The molecule has 0 fully saturated rings. The number of allylic oxidation sites excluding steroid dienone is 5. The largest absolute Gasteiger partial charge is 0.472 e. The minimum atomic E-state index is -4.32. The second-order valence-electron chi connectivity index (χ2n) is 20.3. The molecule has 0 aromatic rings. The highest BCUT2D eigenvalue weighted by Gasteiger charge is 2.27. The molecule has 384 valence electrons. The maximum atomic E-state index is 12.8. The predicted molar refractivity (Wildman–Crippen MR) is 281 cm³/mol. The number of rotatable bonds is 51. The van der Waals surface area contributed by atoms with E-state index in [2.05, 4.69) is 43.5 Å². The molecule has 0 radical (unpaired) electrons.